The lowest BCUT2D eigenvalue weighted by Gasteiger charge is -2.02. The molecule has 1 aromatic rings. The van der Waals surface area contributed by atoms with Gasteiger partial charge in [0.1, 0.15) is 0 Å². The van der Waals surface area contributed by atoms with Crippen LogP contribution in [-0.4, -0.2) is 21.7 Å². The molecule has 2 nitrogen and oxygen atoms in total. The van der Waals surface area contributed by atoms with Crippen LogP contribution in [0.4, 0.5) is 0 Å². The molecule has 0 aromatic heterocycles. The second kappa shape index (κ2) is 7.60. The van der Waals surface area contributed by atoms with Gasteiger partial charge in [-0.25, -0.2) is 0 Å². The summed E-state index contributed by atoms with van der Waals surface area (Å²) in [6.07, 6.45) is 2.74. The normalized spacial score (nSPS) is 12.6. The predicted octanol–water partition coefficient (Wildman–Crippen LogP) is 2.10. The predicted molar refractivity (Wildman–Crippen MR) is 64.1 cm³/mol. The number of aliphatic hydroxyl groups excluding tert-OH is 1. The third-order valence-electron chi connectivity index (χ3n) is 2.20. The van der Waals surface area contributed by atoms with Gasteiger partial charge in [0.05, 0.1) is 0 Å². The van der Waals surface area contributed by atoms with Crippen LogP contribution in [-0.2, 0) is 16.6 Å². The Morgan fingerprint density at radius 3 is 2.47 bits per heavy atom. The Hall–Kier alpha value is -0.670. The Balaban J connectivity index is 2.19. The van der Waals surface area contributed by atoms with Crippen molar-refractivity contribution >= 4 is 10.8 Å². The molecule has 0 aliphatic rings. The summed E-state index contributed by atoms with van der Waals surface area (Å²) in [5.74, 6) is 1.40. The first-order chi connectivity index (χ1) is 7.33. The van der Waals surface area contributed by atoms with Crippen molar-refractivity contribution in [1.29, 1.82) is 0 Å². The van der Waals surface area contributed by atoms with Gasteiger partial charge in [-0.2, -0.15) is 0 Å². The summed E-state index contributed by atoms with van der Waals surface area (Å²) in [5, 5.41) is 8.59. The molecule has 0 spiro atoms. The third kappa shape index (κ3) is 5.70. The first kappa shape index (κ1) is 12.4. The van der Waals surface area contributed by atoms with Gasteiger partial charge in [0, 0.05) is 28.9 Å². The van der Waals surface area contributed by atoms with E-state index >= 15 is 0 Å². The van der Waals surface area contributed by atoms with Gasteiger partial charge in [-0.3, -0.25) is 4.21 Å². The van der Waals surface area contributed by atoms with Crippen LogP contribution in [0.2, 0.25) is 0 Å². The number of hydrogen-bond donors (Lipinski definition) is 1. The third-order valence-corrected chi connectivity index (χ3v) is 3.60. The summed E-state index contributed by atoms with van der Waals surface area (Å²) in [7, 11) is -0.756. The summed E-state index contributed by atoms with van der Waals surface area (Å²) in [6.45, 7) is 0.241. The van der Waals surface area contributed by atoms with Crippen molar-refractivity contribution in [2.24, 2.45) is 0 Å². The molecule has 1 atom stereocenters. The van der Waals surface area contributed by atoms with Crippen LogP contribution < -0.4 is 0 Å². The molecule has 1 N–H and O–H groups in total. The van der Waals surface area contributed by atoms with Gasteiger partial charge in [-0.05, 0) is 18.4 Å². The molecular weight excluding hydrogens is 208 g/mol. The van der Waals surface area contributed by atoms with E-state index in [1.165, 1.54) is 0 Å². The highest BCUT2D eigenvalue weighted by Crippen LogP contribution is 2.05. The minimum Gasteiger partial charge on any atom is -0.396 e. The van der Waals surface area contributed by atoms with Crippen molar-refractivity contribution in [1.82, 2.24) is 0 Å². The fourth-order valence-corrected chi connectivity index (χ4v) is 2.62. The molecule has 0 saturated heterocycles. The summed E-state index contributed by atoms with van der Waals surface area (Å²) >= 11 is 0. The van der Waals surface area contributed by atoms with E-state index in [1.54, 1.807) is 0 Å². The molecule has 0 radical (unpaired) electrons. The maximum absolute atomic E-state index is 11.6. The molecule has 1 rings (SSSR count). The molecule has 0 bridgehead atoms. The van der Waals surface area contributed by atoms with Crippen molar-refractivity contribution in [2.45, 2.75) is 25.0 Å². The second-order valence-corrected chi connectivity index (χ2v) is 5.13. The van der Waals surface area contributed by atoms with E-state index < -0.39 is 10.8 Å². The highest BCUT2D eigenvalue weighted by molar-refractivity contribution is 7.84. The Kier molecular flexibility index (Phi) is 6.28. The highest BCUT2D eigenvalue weighted by Gasteiger charge is 2.00. The van der Waals surface area contributed by atoms with E-state index in [4.69, 9.17) is 5.11 Å². The number of rotatable bonds is 7. The molecule has 0 saturated carbocycles. The second-order valence-electron chi connectivity index (χ2n) is 3.56. The summed E-state index contributed by atoms with van der Waals surface area (Å²) in [6, 6.07) is 9.92. The topological polar surface area (TPSA) is 37.3 Å². The lowest BCUT2D eigenvalue weighted by atomic mass is 10.2. The standard InChI is InChI=1S/C12H18O2S/c13-9-5-2-6-10-15(14)11-12-7-3-1-4-8-12/h1,3-4,7-8,13H,2,5-6,9-11H2. The maximum Gasteiger partial charge on any atom is 0.0485 e. The zero-order valence-corrected chi connectivity index (χ0v) is 9.71. The molecule has 15 heavy (non-hydrogen) atoms. The van der Waals surface area contributed by atoms with Gasteiger partial charge >= 0.3 is 0 Å². The van der Waals surface area contributed by atoms with Gasteiger partial charge in [0.25, 0.3) is 0 Å². The summed E-state index contributed by atoms with van der Waals surface area (Å²) in [5.41, 5.74) is 1.14. The minimum absolute atomic E-state index is 0.241. The molecule has 0 aliphatic heterocycles. The van der Waals surface area contributed by atoms with Crippen molar-refractivity contribution < 1.29 is 9.32 Å². The summed E-state index contributed by atoms with van der Waals surface area (Å²) < 4.78 is 11.6. The van der Waals surface area contributed by atoms with Gasteiger partial charge < -0.3 is 5.11 Å². The van der Waals surface area contributed by atoms with Crippen molar-refractivity contribution in [3.05, 3.63) is 35.9 Å². The van der Waals surface area contributed by atoms with Gasteiger partial charge in [0.15, 0.2) is 0 Å². The van der Waals surface area contributed by atoms with Gasteiger partial charge in [-0.15, -0.1) is 0 Å². The van der Waals surface area contributed by atoms with Crippen LogP contribution in [0.5, 0.6) is 0 Å². The van der Waals surface area contributed by atoms with E-state index in [0.29, 0.717) is 5.75 Å². The molecule has 0 heterocycles. The first-order valence-electron chi connectivity index (χ1n) is 5.32. The Bertz CT molecular complexity index is 285. The quantitative estimate of drug-likeness (QED) is 0.723. The van der Waals surface area contributed by atoms with Crippen LogP contribution in [0.3, 0.4) is 0 Å². The van der Waals surface area contributed by atoms with Crippen LogP contribution in [0.15, 0.2) is 30.3 Å². The molecule has 3 heteroatoms. The average Bonchev–Trinajstić information content (AvgIpc) is 2.26. The number of benzene rings is 1. The average molecular weight is 226 g/mol. The highest BCUT2D eigenvalue weighted by atomic mass is 32.2. The van der Waals surface area contributed by atoms with Crippen LogP contribution in [0, 0.1) is 0 Å². The summed E-state index contributed by atoms with van der Waals surface area (Å²) in [4.78, 5) is 0. The van der Waals surface area contributed by atoms with E-state index in [0.717, 1.165) is 30.6 Å². The molecular formula is C12H18O2S. The Labute approximate surface area is 93.8 Å². The van der Waals surface area contributed by atoms with Crippen LogP contribution >= 0.6 is 0 Å². The first-order valence-corrected chi connectivity index (χ1v) is 6.81. The van der Waals surface area contributed by atoms with E-state index in [1.807, 2.05) is 30.3 Å². The van der Waals surface area contributed by atoms with Crippen LogP contribution in [0.1, 0.15) is 24.8 Å². The molecule has 0 fully saturated rings. The number of hydrogen-bond acceptors (Lipinski definition) is 2. The smallest absolute Gasteiger partial charge is 0.0485 e. The van der Waals surface area contributed by atoms with Gasteiger partial charge in [0.2, 0.25) is 0 Å². The Morgan fingerprint density at radius 2 is 1.80 bits per heavy atom. The van der Waals surface area contributed by atoms with E-state index in [9.17, 15) is 4.21 Å². The lowest BCUT2D eigenvalue weighted by molar-refractivity contribution is 0.284. The fraction of sp³-hybridized carbons (Fsp3) is 0.500. The van der Waals surface area contributed by atoms with E-state index in [-0.39, 0.29) is 6.61 Å². The number of aliphatic hydroxyl groups is 1. The van der Waals surface area contributed by atoms with Crippen molar-refractivity contribution in [3.8, 4) is 0 Å². The molecule has 1 unspecified atom stereocenters. The monoisotopic (exact) mass is 226 g/mol. The van der Waals surface area contributed by atoms with Crippen LogP contribution in [0.25, 0.3) is 0 Å². The Morgan fingerprint density at radius 1 is 1.07 bits per heavy atom. The SMILES string of the molecule is O=S(CCCCCO)Cc1ccccc1. The molecule has 84 valence electrons. The lowest BCUT2D eigenvalue weighted by Crippen LogP contribution is -2.01. The zero-order valence-electron chi connectivity index (χ0n) is 8.89. The largest absolute Gasteiger partial charge is 0.396 e. The van der Waals surface area contributed by atoms with Crippen molar-refractivity contribution in [2.75, 3.05) is 12.4 Å². The zero-order chi connectivity index (χ0) is 10.9. The molecule has 0 aliphatic carbocycles. The van der Waals surface area contributed by atoms with Crippen molar-refractivity contribution in [3.63, 3.8) is 0 Å². The maximum atomic E-state index is 11.6. The minimum atomic E-state index is -0.756. The molecule has 1 aromatic carbocycles. The van der Waals surface area contributed by atoms with E-state index in [2.05, 4.69) is 0 Å². The fourth-order valence-electron chi connectivity index (χ4n) is 1.38. The van der Waals surface area contributed by atoms with Gasteiger partial charge in [-0.1, -0.05) is 36.8 Å². The number of unbranched alkanes of at least 4 members (excludes halogenated alkanes) is 2. The molecule has 0 amide bonds.